The highest BCUT2D eigenvalue weighted by atomic mass is 19.1. The van der Waals surface area contributed by atoms with Crippen LogP contribution in [0.5, 0.6) is 0 Å². The Labute approximate surface area is 245 Å². The Morgan fingerprint density at radius 1 is 1.05 bits per heavy atom. The van der Waals surface area contributed by atoms with E-state index in [0.29, 0.717) is 40.8 Å². The third-order valence-corrected chi connectivity index (χ3v) is 9.16. The number of fused-ring (bicyclic) bond motifs is 1. The van der Waals surface area contributed by atoms with Crippen LogP contribution in [0.15, 0.2) is 47.4 Å². The van der Waals surface area contributed by atoms with Gasteiger partial charge in [-0.25, -0.2) is 9.37 Å². The lowest BCUT2D eigenvalue weighted by molar-refractivity contribution is 0.0802. The lowest BCUT2D eigenvalue weighted by Gasteiger charge is -2.25. The number of rotatable bonds is 8. The molecule has 1 aromatic carbocycles. The molecule has 8 heteroatoms. The lowest BCUT2D eigenvalue weighted by atomic mass is 9.97. The Kier molecular flexibility index (Phi) is 6.97. The maximum atomic E-state index is 14.4. The van der Waals surface area contributed by atoms with Crippen molar-refractivity contribution >= 4 is 16.8 Å². The van der Waals surface area contributed by atoms with Crippen LogP contribution in [0.25, 0.3) is 27.8 Å². The van der Waals surface area contributed by atoms with Crippen molar-refractivity contribution in [2.75, 3.05) is 26.7 Å². The van der Waals surface area contributed by atoms with E-state index in [2.05, 4.69) is 16.0 Å². The molecule has 1 amide bonds. The number of amides is 1. The SMILES string of the molecule is CCN(C)C(=O)c1cc(F)ccc1-c1cc(C2CC2)nc(-n2cc(C3CC3)c3cc(CN4CCCCC4)[nH]c3c2=O)c1. The van der Waals surface area contributed by atoms with Gasteiger partial charge < -0.3 is 9.88 Å². The zero-order valence-corrected chi connectivity index (χ0v) is 24.5. The average molecular weight is 568 g/mol. The summed E-state index contributed by atoms with van der Waals surface area (Å²) >= 11 is 0. The fraction of sp³-hybridized carbons (Fsp3) is 0.441. The topological polar surface area (TPSA) is 74.2 Å². The van der Waals surface area contributed by atoms with Gasteiger partial charge in [0.15, 0.2) is 0 Å². The van der Waals surface area contributed by atoms with E-state index in [0.717, 1.165) is 67.7 Å². The number of H-pyrrole nitrogens is 1. The fourth-order valence-corrected chi connectivity index (χ4v) is 6.33. The van der Waals surface area contributed by atoms with Gasteiger partial charge in [0.25, 0.3) is 11.5 Å². The summed E-state index contributed by atoms with van der Waals surface area (Å²) in [5.41, 5.74) is 5.42. The average Bonchev–Trinajstić information content (AvgIpc) is 3.94. The van der Waals surface area contributed by atoms with Gasteiger partial charge in [0, 0.05) is 49.0 Å². The molecule has 0 unspecified atom stereocenters. The summed E-state index contributed by atoms with van der Waals surface area (Å²) in [6.45, 7) is 5.42. The first kappa shape index (κ1) is 27.1. The highest BCUT2D eigenvalue weighted by molar-refractivity contribution is 6.01. The number of carbonyl (C=O) groups is 1. The van der Waals surface area contributed by atoms with Crippen molar-refractivity contribution in [2.24, 2.45) is 0 Å². The molecular weight excluding hydrogens is 529 g/mol. The smallest absolute Gasteiger partial charge is 0.280 e. The van der Waals surface area contributed by atoms with Crippen molar-refractivity contribution in [2.45, 2.75) is 70.3 Å². The second kappa shape index (κ2) is 10.8. The Bertz CT molecular complexity index is 1730. The number of carbonyl (C=O) groups excluding carboxylic acids is 1. The van der Waals surface area contributed by atoms with Crippen LogP contribution in [-0.2, 0) is 6.54 Å². The lowest BCUT2D eigenvalue weighted by Crippen LogP contribution is -2.29. The molecule has 2 aliphatic carbocycles. The van der Waals surface area contributed by atoms with Gasteiger partial charge in [-0.15, -0.1) is 0 Å². The van der Waals surface area contributed by atoms with E-state index in [-0.39, 0.29) is 11.5 Å². The molecule has 0 atom stereocenters. The number of aromatic nitrogens is 3. The van der Waals surface area contributed by atoms with Gasteiger partial charge in [0.2, 0.25) is 0 Å². The number of benzene rings is 1. The molecule has 7 rings (SSSR count). The maximum Gasteiger partial charge on any atom is 0.280 e. The molecule has 3 fully saturated rings. The molecule has 3 aromatic heterocycles. The van der Waals surface area contributed by atoms with Crippen molar-refractivity contribution in [3.8, 4) is 16.9 Å². The number of halogens is 1. The molecule has 42 heavy (non-hydrogen) atoms. The number of likely N-dealkylation sites (tertiary alicyclic amines) is 1. The molecule has 1 aliphatic heterocycles. The molecule has 0 bridgehead atoms. The van der Waals surface area contributed by atoms with E-state index < -0.39 is 5.82 Å². The Morgan fingerprint density at radius 3 is 2.52 bits per heavy atom. The zero-order valence-electron chi connectivity index (χ0n) is 24.5. The quantitative estimate of drug-likeness (QED) is 0.269. The molecule has 1 saturated heterocycles. The van der Waals surface area contributed by atoms with Crippen LogP contribution >= 0.6 is 0 Å². The van der Waals surface area contributed by atoms with E-state index in [4.69, 9.17) is 4.98 Å². The molecule has 2 saturated carbocycles. The molecular formula is C34H38FN5O2. The minimum atomic E-state index is -0.453. The summed E-state index contributed by atoms with van der Waals surface area (Å²) in [5, 5.41) is 1.03. The van der Waals surface area contributed by atoms with Crippen molar-refractivity contribution in [1.82, 2.24) is 24.3 Å². The highest BCUT2D eigenvalue weighted by Gasteiger charge is 2.30. The number of hydrogen-bond donors (Lipinski definition) is 1. The highest BCUT2D eigenvalue weighted by Crippen LogP contribution is 2.44. The van der Waals surface area contributed by atoms with Crippen LogP contribution < -0.4 is 5.56 Å². The van der Waals surface area contributed by atoms with Gasteiger partial charge in [-0.2, -0.15) is 0 Å². The first-order valence-corrected chi connectivity index (χ1v) is 15.5. The third-order valence-electron chi connectivity index (χ3n) is 9.16. The number of hydrogen-bond acceptors (Lipinski definition) is 4. The van der Waals surface area contributed by atoms with Crippen LogP contribution in [-0.4, -0.2) is 56.9 Å². The Morgan fingerprint density at radius 2 is 1.81 bits per heavy atom. The summed E-state index contributed by atoms with van der Waals surface area (Å²) in [6, 6.07) is 10.4. The molecule has 0 radical (unpaired) electrons. The summed E-state index contributed by atoms with van der Waals surface area (Å²) in [5.74, 6) is 0.620. The monoisotopic (exact) mass is 567 g/mol. The van der Waals surface area contributed by atoms with Crippen molar-refractivity contribution in [3.05, 3.63) is 81.3 Å². The summed E-state index contributed by atoms with van der Waals surface area (Å²) in [4.78, 5) is 39.9. The van der Waals surface area contributed by atoms with Crippen molar-refractivity contribution in [1.29, 1.82) is 0 Å². The zero-order chi connectivity index (χ0) is 29.0. The minimum Gasteiger partial charge on any atom is -0.353 e. The van der Waals surface area contributed by atoms with E-state index in [1.165, 1.54) is 37.0 Å². The molecule has 218 valence electrons. The van der Waals surface area contributed by atoms with E-state index in [1.54, 1.807) is 22.6 Å². The number of nitrogens with zero attached hydrogens (tertiary/aromatic N) is 4. The number of nitrogens with one attached hydrogen (secondary N) is 1. The van der Waals surface area contributed by atoms with Gasteiger partial charge in [0.05, 0.1) is 5.56 Å². The second-order valence-electron chi connectivity index (χ2n) is 12.4. The molecule has 3 aliphatic rings. The summed E-state index contributed by atoms with van der Waals surface area (Å²) < 4.78 is 16.1. The minimum absolute atomic E-state index is 0.119. The summed E-state index contributed by atoms with van der Waals surface area (Å²) in [6.07, 6.45) is 10.1. The predicted molar refractivity (Wildman–Crippen MR) is 163 cm³/mol. The molecule has 4 heterocycles. The fourth-order valence-electron chi connectivity index (χ4n) is 6.33. The number of aromatic amines is 1. The van der Waals surface area contributed by atoms with Gasteiger partial charge in [-0.05, 0) is 111 Å². The molecule has 7 nitrogen and oxygen atoms in total. The van der Waals surface area contributed by atoms with Crippen LogP contribution in [0.2, 0.25) is 0 Å². The van der Waals surface area contributed by atoms with Crippen LogP contribution in [0.3, 0.4) is 0 Å². The first-order valence-electron chi connectivity index (χ1n) is 15.5. The van der Waals surface area contributed by atoms with Crippen molar-refractivity contribution < 1.29 is 9.18 Å². The van der Waals surface area contributed by atoms with E-state index in [1.807, 2.05) is 25.3 Å². The van der Waals surface area contributed by atoms with Gasteiger partial charge in [-0.3, -0.25) is 19.1 Å². The first-order chi connectivity index (χ1) is 20.4. The van der Waals surface area contributed by atoms with E-state index >= 15 is 0 Å². The van der Waals surface area contributed by atoms with Gasteiger partial charge >= 0.3 is 0 Å². The van der Waals surface area contributed by atoms with Crippen LogP contribution in [0, 0.1) is 5.82 Å². The third kappa shape index (κ3) is 5.17. The Balaban J connectivity index is 1.36. The van der Waals surface area contributed by atoms with Crippen LogP contribution in [0.4, 0.5) is 4.39 Å². The van der Waals surface area contributed by atoms with Gasteiger partial charge in [-0.1, -0.05) is 12.5 Å². The molecule has 1 N–H and O–H groups in total. The molecule has 0 spiro atoms. The summed E-state index contributed by atoms with van der Waals surface area (Å²) in [7, 11) is 1.72. The normalized spacial score (nSPS) is 17.6. The van der Waals surface area contributed by atoms with Crippen LogP contribution in [0.1, 0.15) is 91.0 Å². The standard InChI is InChI=1S/C34H38FN5O2/c1-3-38(2)33(41)28-17-24(35)11-12-26(28)23-15-30(22-9-10-22)37-31(16-23)40-20-29(21-7-8-21)27-18-25(36-32(27)34(40)42)19-39-13-5-4-6-14-39/h11-12,15-18,20-22,36H,3-10,13-14,19H2,1-2H3. The molecule has 4 aromatic rings. The number of piperidine rings is 1. The van der Waals surface area contributed by atoms with E-state index in [9.17, 15) is 14.0 Å². The maximum absolute atomic E-state index is 14.4. The Hall–Kier alpha value is -3.78. The largest absolute Gasteiger partial charge is 0.353 e. The van der Waals surface area contributed by atoms with Gasteiger partial charge in [0.1, 0.15) is 17.2 Å². The predicted octanol–water partition coefficient (Wildman–Crippen LogP) is 6.35. The number of pyridine rings is 2. The van der Waals surface area contributed by atoms with Crippen molar-refractivity contribution in [3.63, 3.8) is 0 Å². The second-order valence-corrected chi connectivity index (χ2v) is 12.4.